The fraction of sp³-hybridized carbons (Fsp3) is 0.444. The second kappa shape index (κ2) is 7.38. The Balaban J connectivity index is 2.17. The Labute approximate surface area is 142 Å². The minimum atomic E-state index is -0.543. The van der Waals surface area contributed by atoms with Gasteiger partial charge in [0.25, 0.3) is 0 Å². The first-order chi connectivity index (χ1) is 11.3. The highest BCUT2D eigenvalue weighted by Crippen LogP contribution is 2.26. The lowest BCUT2D eigenvalue weighted by molar-refractivity contribution is -0.134. The van der Waals surface area contributed by atoms with Crippen molar-refractivity contribution in [1.29, 1.82) is 0 Å². The first-order valence-corrected chi connectivity index (χ1v) is 7.78. The zero-order valence-corrected chi connectivity index (χ0v) is 14.5. The number of hydrogen-bond acceptors (Lipinski definition) is 5. The third-order valence-corrected chi connectivity index (χ3v) is 3.33. The van der Waals surface area contributed by atoms with Crippen LogP contribution in [0.25, 0.3) is 6.08 Å². The minimum Gasteiger partial charge on any atom is -0.491 e. The number of nitrogens with zero attached hydrogens (tertiary/aromatic N) is 1. The first-order valence-electron chi connectivity index (χ1n) is 7.78. The van der Waals surface area contributed by atoms with Crippen molar-refractivity contribution in [3.05, 3.63) is 35.4 Å². The minimum absolute atomic E-state index is 0.366. The van der Waals surface area contributed by atoms with Gasteiger partial charge in [0.05, 0.1) is 20.2 Å². The molecule has 0 unspecified atom stereocenters. The Bertz CT molecular complexity index is 645. The number of carbonyl (C=O) groups excluding carboxylic acids is 2. The van der Waals surface area contributed by atoms with Gasteiger partial charge >= 0.3 is 12.1 Å². The lowest BCUT2D eigenvalue weighted by Gasteiger charge is -2.26. The summed E-state index contributed by atoms with van der Waals surface area (Å²) in [5, 5.41) is 0. The lowest BCUT2D eigenvalue weighted by Crippen LogP contribution is -2.37. The van der Waals surface area contributed by atoms with Gasteiger partial charge < -0.3 is 19.1 Å². The monoisotopic (exact) mass is 333 g/mol. The number of carbonyl (C=O) groups is 2. The summed E-state index contributed by atoms with van der Waals surface area (Å²) in [4.78, 5) is 25.1. The summed E-state index contributed by atoms with van der Waals surface area (Å²) in [6.07, 6.45) is 2.65. The van der Waals surface area contributed by atoms with E-state index in [2.05, 4.69) is 4.74 Å². The fourth-order valence-electron chi connectivity index (χ4n) is 2.23. The van der Waals surface area contributed by atoms with Crippen molar-refractivity contribution in [2.24, 2.45) is 0 Å². The van der Waals surface area contributed by atoms with Crippen molar-refractivity contribution < 1.29 is 23.8 Å². The zero-order valence-electron chi connectivity index (χ0n) is 14.5. The number of esters is 1. The molecule has 1 aromatic rings. The molecule has 0 saturated heterocycles. The Morgan fingerprint density at radius 3 is 2.71 bits per heavy atom. The molecule has 1 aliphatic heterocycles. The van der Waals surface area contributed by atoms with Gasteiger partial charge in [-0.3, -0.25) is 0 Å². The van der Waals surface area contributed by atoms with Crippen LogP contribution in [0.15, 0.2) is 24.3 Å². The molecule has 1 amide bonds. The maximum atomic E-state index is 12.3. The Kier molecular flexibility index (Phi) is 5.49. The molecule has 0 aliphatic carbocycles. The first kappa shape index (κ1) is 17.8. The molecule has 0 radical (unpaired) electrons. The molecular weight excluding hydrogens is 310 g/mol. The van der Waals surface area contributed by atoms with E-state index in [1.54, 1.807) is 11.0 Å². The van der Waals surface area contributed by atoms with Crippen LogP contribution in [0.2, 0.25) is 0 Å². The van der Waals surface area contributed by atoms with E-state index in [0.29, 0.717) is 19.7 Å². The SMILES string of the molecule is COC(=O)/C=C/c1ccc2c(c1)CN(C(=O)OC(C)(C)C)CCO2. The lowest BCUT2D eigenvalue weighted by atomic mass is 10.1. The summed E-state index contributed by atoms with van der Waals surface area (Å²) in [5.41, 5.74) is 1.15. The molecule has 130 valence electrons. The normalized spacial score (nSPS) is 14.6. The van der Waals surface area contributed by atoms with Gasteiger partial charge in [-0.05, 0) is 44.5 Å². The molecule has 0 N–H and O–H groups in total. The van der Waals surface area contributed by atoms with Gasteiger partial charge in [-0.1, -0.05) is 6.07 Å². The van der Waals surface area contributed by atoms with E-state index in [1.807, 2.05) is 39.0 Å². The van der Waals surface area contributed by atoms with E-state index in [1.165, 1.54) is 13.2 Å². The summed E-state index contributed by atoms with van der Waals surface area (Å²) in [5.74, 6) is 0.313. The van der Waals surface area contributed by atoms with E-state index < -0.39 is 11.6 Å². The highest BCUT2D eigenvalue weighted by atomic mass is 16.6. The highest BCUT2D eigenvalue weighted by Gasteiger charge is 2.25. The van der Waals surface area contributed by atoms with Crippen LogP contribution in [0, 0.1) is 0 Å². The van der Waals surface area contributed by atoms with Crippen molar-refractivity contribution in [3.63, 3.8) is 0 Å². The molecule has 0 fully saturated rings. The third kappa shape index (κ3) is 5.01. The number of methoxy groups -OCH3 is 1. The van der Waals surface area contributed by atoms with E-state index in [4.69, 9.17) is 9.47 Å². The van der Waals surface area contributed by atoms with Crippen LogP contribution in [0.3, 0.4) is 0 Å². The average Bonchev–Trinajstić information content (AvgIpc) is 2.72. The Morgan fingerprint density at radius 1 is 1.29 bits per heavy atom. The molecular formula is C18H23NO5. The van der Waals surface area contributed by atoms with Gasteiger partial charge in [0.15, 0.2) is 0 Å². The van der Waals surface area contributed by atoms with Crippen LogP contribution in [0.1, 0.15) is 31.9 Å². The summed E-state index contributed by atoms with van der Waals surface area (Å²) >= 11 is 0. The standard InChI is InChI=1S/C18H23NO5/c1-18(2,3)24-17(21)19-9-10-23-15-7-5-13(11-14(15)12-19)6-8-16(20)22-4/h5-8,11H,9-10,12H2,1-4H3/b8-6+. The third-order valence-electron chi connectivity index (χ3n) is 3.33. The zero-order chi connectivity index (χ0) is 17.7. The maximum absolute atomic E-state index is 12.3. The molecule has 0 atom stereocenters. The molecule has 1 heterocycles. The van der Waals surface area contributed by atoms with E-state index in [9.17, 15) is 9.59 Å². The fourth-order valence-corrected chi connectivity index (χ4v) is 2.23. The summed E-state index contributed by atoms with van der Waals surface area (Å²) in [7, 11) is 1.33. The van der Waals surface area contributed by atoms with Gasteiger partial charge in [-0.2, -0.15) is 0 Å². The quantitative estimate of drug-likeness (QED) is 0.615. The molecule has 6 heteroatoms. The molecule has 1 aliphatic rings. The van der Waals surface area contributed by atoms with E-state index in [-0.39, 0.29) is 6.09 Å². The molecule has 0 spiro atoms. The molecule has 1 aromatic carbocycles. The second-order valence-corrected chi connectivity index (χ2v) is 6.47. The van der Waals surface area contributed by atoms with Gasteiger partial charge in [0.2, 0.25) is 0 Å². The summed E-state index contributed by atoms with van der Waals surface area (Å²) < 4.78 is 15.7. The Hall–Kier alpha value is -2.50. The van der Waals surface area contributed by atoms with Crippen molar-refractivity contribution in [3.8, 4) is 5.75 Å². The van der Waals surface area contributed by atoms with E-state index >= 15 is 0 Å². The number of fused-ring (bicyclic) bond motifs is 1. The predicted octanol–water partition coefficient (Wildman–Crippen LogP) is 3.00. The maximum Gasteiger partial charge on any atom is 0.410 e. The molecule has 2 rings (SSSR count). The molecule has 0 bridgehead atoms. The summed E-state index contributed by atoms with van der Waals surface area (Å²) in [6.45, 7) is 6.76. The van der Waals surface area contributed by atoms with Crippen LogP contribution in [-0.4, -0.2) is 42.8 Å². The topological polar surface area (TPSA) is 65.1 Å². The largest absolute Gasteiger partial charge is 0.491 e. The van der Waals surface area contributed by atoms with Crippen molar-refractivity contribution >= 4 is 18.1 Å². The summed E-state index contributed by atoms with van der Waals surface area (Å²) in [6, 6.07) is 5.57. The number of ether oxygens (including phenoxy) is 3. The number of hydrogen-bond donors (Lipinski definition) is 0. The molecule has 24 heavy (non-hydrogen) atoms. The smallest absolute Gasteiger partial charge is 0.410 e. The van der Waals surface area contributed by atoms with Crippen LogP contribution in [-0.2, 0) is 20.8 Å². The molecule has 6 nitrogen and oxygen atoms in total. The van der Waals surface area contributed by atoms with Gasteiger partial charge in [-0.15, -0.1) is 0 Å². The van der Waals surface area contributed by atoms with Gasteiger partial charge in [0, 0.05) is 11.6 Å². The second-order valence-electron chi connectivity index (χ2n) is 6.47. The average molecular weight is 333 g/mol. The number of rotatable bonds is 2. The number of amides is 1. The van der Waals surface area contributed by atoms with Crippen LogP contribution in [0.5, 0.6) is 5.75 Å². The van der Waals surface area contributed by atoms with Gasteiger partial charge in [0.1, 0.15) is 18.0 Å². The van der Waals surface area contributed by atoms with E-state index in [0.717, 1.165) is 16.9 Å². The van der Waals surface area contributed by atoms with Crippen LogP contribution < -0.4 is 4.74 Å². The number of benzene rings is 1. The highest BCUT2D eigenvalue weighted by molar-refractivity contribution is 5.87. The molecule has 0 aromatic heterocycles. The van der Waals surface area contributed by atoms with Crippen LogP contribution >= 0.6 is 0 Å². The van der Waals surface area contributed by atoms with Crippen molar-refractivity contribution in [2.75, 3.05) is 20.3 Å². The molecule has 0 saturated carbocycles. The predicted molar refractivity (Wildman–Crippen MR) is 89.6 cm³/mol. The van der Waals surface area contributed by atoms with Crippen molar-refractivity contribution in [1.82, 2.24) is 4.90 Å². The van der Waals surface area contributed by atoms with Crippen molar-refractivity contribution in [2.45, 2.75) is 32.9 Å². The van der Waals surface area contributed by atoms with Crippen LogP contribution in [0.4, 0.5) is 4.79 Å². The Morgan fingerprint density at radius 2 is 2.04 bits per heavy atom. The van der Waals surface area contributed by atoms with Gasteiger partial charge in [-0.25, -0.2) is 9.59 Å².